The van der Waals surface area contributed by atoms with Gasteiger partial charge in [0.1, 0.15) is 0 Å². The van der Waals surface area contributed by atoms with Gasteiger partial charge in [-0.15, -0.1) is 5.10 Å². The van der Waals surface area contributed by atoms with E-state index in [1.807, 2.05) is 19.2 Å². The summed E-state index contributed by atoms with van der Waals surface area (Å²) in [5, 5.41) is 12.1. The number of aryl methyl sites for hydroxylation is 1. The van der Waals surface area contributed by atoms with Crippen molar-refractivity contribution in [2.45, 2.75) is 44.1 Å². The Morgan fingerprint density at radius 3 is 2.39 bits per heavy atom. The summed E-state index contributed by atoms with van der Waals surface area (Å²) < 4.78 is 27.5. The lowest BCUT2D eigenvalue weighted by Gasteiger charge is -2.40. The molecule has 3 heterocycles. The number of piperazine rings is 1. The maximum absolute atomic E-state index is 13.0. The molecule has 1 aromatic carbocycles. The fourth-order valence-corrected chi connectivity index (χ4v) is 5.53. The van der Waals surface area contributed by atoms with Crippen molar-refractivity contribution in [3.8, 4) is 0 Å². The SMILES string of the molecule is Cc1ccc(S(=O)(=O)Cn2nnnc2[C@@H](C(C)C)N2CCN(Cc3cccnc3)CC2)cc1. The van der Waals surface area contributed by atoms with Crippen LogP contribution in [0.25, 0.3) is 0 Å². The van der Waals surface area contributed by atoms with E-state index in [1.54, 1.807) is 30.5 Å². The van der Waals surface area contributed by atoms with Gasteiger partial charge in [0.15, 0.2) is 21.5 Å². The molecule has 0 spiro atoms. The second kappa shape index (κ2) is 10.1. The Balaban J connectivity index is 1.47. The topological polar surface area (TPSA) is 97.1 Å². The van der Waals surface area contributed by atoms with Gasteiger partial charge in [0, 0.05) is 45.1 Å². The van der Waals surface area contributed by atoms with E-state index in [4.69, 9.17) is 0 Å². The van der Waals surface area contributed by atoms with Gasteiger partial charge >= 0.3 is 0 Å². The molecule has 1 atom stereocenters. The standard InChI is InChI=1S/C23H31N7O2S/c1-18(2)22(29-13-11-28(12-14-29)16-20-5-4-10-24-15-20)23-25-26-27-30(23)17-33(31,32)21-8-6-19(3)7-9-21/h4-10,15,18,22H,11-14,16-17H2,1-3H3/t22-/m1/s1. The first kappa shape index (κ1) is 23.5. The van der Waals surface area contributed by atoms with E-state index in [-0.39, 0.29) is 22.7 Å². The van der Waals surface area contributed by atoms with Crippen molar-refractivity contribution in [3.63, 3.8) is 0 Å². The van der Waals surface area contributed by atoms with Crippen LogP contribution in [0, 0.1) is 12.8 Å². The fourth-order valence-electron chi connectivity index (χ4n) is 4.33. The summed E-state index contributed by atoms with van der Waals surface area (Å²) in [6.07, 6.45) is 3.70. The Morgan fingerprint density at radius 2 is 1.76 bits per heavy atom. The molecule has 0 radical (unpaired) electrons. The Labute approximate surface area is 195 Å². The van der Waals surface area contributed by atoms with Gasteiger partial charge < -0.3 is 0 Å². The van der Waals surface area contributed by atoms with Gasteiger partial charge in [0.05, 0.1) is 10.9 Å². The predicted molar refractivity (Wildman–Crippen MR) is 125 cm³/mol. The molecular formula is C23H31N7O2S. The zero-order valence-electron chi connectivity index (χ0n) is 19.4. The normalized spacial score (nSPS) is 16.8. The van der Waals surface area contributed by atoms with Crippen LogP contribution in [0.1, 0.15) is 36.8 Å². The molecule has 1 fully saturated rings. The first-order valence-electron chi connectivity index (χ1n) is 11.2. The van der Waals surface area contributed by atoms with Crippen LogP contribution in [0.5, 0.6) is 0 Å². The number of pyridine rings is 1. The number of aromatic nitrogens is 5. The number of benzene rings is 1. The Hall–Kier alpha value is -2.69. The summed E-state index contributed by atoms with van der Waals surface area (Å²) in [4.78, 5) is 9.26. The van der Waals surface area contributed by atoms with Gasteiger partial charge in [-0.05, 0) is 47.0 Å². The Morgan fingerprint density at radius 1 is 1.03 bits per heavy atom. The van der Waals surface area contributed by atoms with Gasteiger partial charge in [0.2, 0.25) is 0 Å². The van der Waals surface area contributed by atoms with Crippen molar-refractivity contribution in [2.24, 2.45) is 5.92 Å². The summed E-state index contributed by atoms with van der Waals surface area (Å²) in [5.41, 5.74) is 2.22. The van der Waals surface area contributed by atoms with Gasteiger partial charge in [-0.25, -0.2) is 13.1 Å². The molecule has 9 nitrogen and oxygen atoms in total. The van der Waals surface area contributed by atoms with Crippen LogP contribution in [-0.2, 0) is 22.3 Å². The molecule has 33 heavy (non-hydrogen) atoms. The van der Waals surface area contributed by atoms with E-state index < -0.39 is 9.84 Å². The molecule has 3 aromatic rings. The summed E-state index contributed by atoms with van der Waals surface area (Å²) in [6, 6.07) is 10.9. The molecule has 1 aliphatic rings. The molecule has 176 valence electrons. The molecule has 10 heteroatoms. The molecule has 0 unspecified atom stereocenters. The first-order chi connectivity index (χ1) is 15.8. The van der Waals surface area contributed by atoms with Crippen LogP contribution in [0.2, 0.25) is 0 Å². The summed E-state index contributed by atoms with van der Waals surface area (Å²) >= 11 is 0. The van der Waals surface area contributed by atoms with E-state index in [0.29, 0.717) is 5.82 Å². The van der Waals surface area contributed by atoms with Crippen molar-refractivity contribution in [3.05, 3.63) is 65.7 Å². The minimum atomic E-state index is -3.57. The third kappa shape index (κ3) is 5.63. The number of rotatable bonds is 8. The lowest BCUT2D eigenvalue weighted by atomic mass is 10.0. The second-order valence-electron chi connectivity index (χ2n) is 8.96. The van der Waals surface area contributed by atoms with E-state index >= 15 is 0 Å². The molecule has 4 rings (SSSR count). The van der Waals surface area contributed by atoms with Gasteiger partial charge in [-0.3, -0.25) is 14.8 Å². The van der Waals surface area contributed by atoms with Gasteiger partial charge in [-0.2, -0.15) is 0 Å². The van der Waals surface area contributed by atoms with Crippen molar-refractivity contribution in [1.29, 1.82) is 0 Å². The molecule has 0 N–H and O–H groups in total. The van der Waals surface area contributed by atoms with Crippen molar-refractivity contribution in [1.82, 2.24) is 35.0 Å². The Bertz CT molecular complexity index is 1140. The van der Waals surface area contributed by atoms with Crippen molar-refractivity contribution in [2.75, 3.05) is 26.2 Å². The monoisotopic (exact) mass is 469 g/mol. The van der Waals surface area contributed by atoms with E-state index in [0.717, 1.165) is 38.3 Å². The average molecular weight is 470 g/mol. The smallest absolute Gasteiger partial charge is 0.198 e. The number of nitrogens with zero attached hydrogens (tertiary/aromatic N) is 7. The van der Waals surface area contributed by atoms with E-state index in [1.165, 1.54) is 10.2 Å². The maximum atomic E-state index is 13.0. The number of hydrogen-bond acceptors (Lipinski definition) is 8. The fraction of sp³-hybridized carbons (Fsp3) is 0.478. The number of tetrazole rings is 1. The highest BCUT2D eigenvalue weighted by molar-refractivity contribution is 7.90. The van der Waals surface area contributed by atoms with E-state index in [9.17, 15) is 8.42 Å². The molecule has 1 saturated heterocycles. The van der Waals surface area contributed by atoms with Crippen LogP contribution >= 0.6 is 0 Å². The minimum absolute atomic E-state index is 0.0613. The second-order valence-corrected chi connectivity index (χ2v) is 10.9. The first-order valence-corrected chi connectivity index (χ1v) is 12.9. The average Bonchev–Trinajstić information content (AvgIpc) is 3.22. The zero-order valence-corrected chi connectivity index (χ0v) is 20.2. The van der Waals surface area contributed by atoms with E-state index in [2.05, 4.69) is 50.2 Å². The maximum Gasteiger partial charge on any atom is 0.198 e. The molecule has 0 bridgehead atoms. The Kier molecular flexibility index (Phi) is 7.16. The van der Waals surface area contributed by atoms with Crippen LogP contribution in [0.15, 0.2) is 53.7 Å². The number of hydrogen-bond donors (Lipinski definition) is 0. The third-order valence-corrected chi connectivity index (χ3v) is 7.63. The summed E-state index contributed by atoms with van der Waals surface area (Å²) in [5.74, 6) is 0.547. The molecular weight excluding hydrogens is 438 g/mol. The highest BCUT2D eigenvalue weighted by atomic mass is 32.2. The molecule has 0 aliphatic carbocycles. The highest BCUT2D eigenvalue weighted by Crippen LogP contribution is 2.28. The van der Waals surface area contributed by atoms with Crippen molar-refractivity contribution >= 4 is 9.84 Å². The van der Waals surface area contributed by atoms with Crippen LogP contribution in [-0.4, -0.2) is 69.6 Å². The van der Waals surface area contributed by atoms with Crippen molar-refractivity contribution < 1.29 is 8.42 Å². The summed E-state index contributed by atoms with van der Waals surface area (Å²) in [7, 11) is -3.57. The molecule has 0 saturated carbocycles. The quantitative estimate of drug-likeness (QED) is 0.496. The van der Waals surface area contributed by atoms with Crippen LogP contribution in [0.3, 0.4) is 0 Å². The third-order valence-electron chi connectivity index (χ3n) is 6.06. The molecule has 0 amide bonds. The van der Waals surface area contributed by atoms with Crippen LogP contribution in [0.4, 0.5) is 0 Å². The highest BCUT2D eigenvalue weighted by Gasteiger charge is 2.32. The minimum Gasteiger partial charge on any atom is -0.296 e. The van der Waals surface area contributed by atoms with Gasteiger partial charge in [0.25, 0.3) is 0 Å². The number of sulfone groups is 1. The van der Waals surface area contributed by atoms with Crippen LogP contribution < -0.4 is 0 Å². The molecule has 1 aliphatic heterocycles. The summed E-state index contributed by atoms with van der Waals surface area (Å²) in [6.45, 7) is 10.6. The predicted octanol–water partition coefficient (Wildman–Crippen LogP) is 2.32. The lowest BCUT2D eigenvalue weighted by molar-refractivity contribution is 0.0665. The molecule has 2 aromatic heterocycles. The lowest BCUT2D eigenvalue weighted by Crippen LogP contribution is -2.48. The largest absolute Gasteiger partial charge is 0.296 e. The zero-order chi connectivity index (χ0) is 23.4. The van der Waals surface area contributed by atoms with Gasteiger partial charge in [-0.1, -0.05) is 37.6 Å².